The largest absolute Gasteiger partial charge is 0.323 e. The molecule has 1 aliphatic heterocycles. The van der Waals surface area contributed by atoms with E-state index in [-0.39, 0.29) is 5.54 Å². The minimum atomic E-state index is 0.0285. The molecule has 2 N–H and O–H groups in total. The molecule has 1 aromatic rings. The molecule has 1 aromatic heterocycles. The van der Waals surface area contributed by atoms with Crippen molar-refractivity contribution in [3.05, 3.63) is 18.0 Å². The molecule has 4 nitrogen and oxygen atoms in total. The maximum Gasteiger partial charge on any atom is 0.0534 e. The van der Waals surface area contributed by atoms with Crippen molar-refractivity contribution >= 4 is 0 Å². The molecule has 0 unspecified atom stereocenters. The topological polar surface area (TPSA) is 47.1 Å². The Bertz CT molecular complexity index is 308. The Morgan fingerprint density at radius 3 is 2.79 bits per heavy atom. The average Bonchev–Trinajstić information content (AvgIpc) is 2.49. The number of aromatic nitrogens is 2. The third-order valence-electron chi connectivity index (χ3n) is 2.59. The molecule has 2 rings (SSSR count). The molecule has 0 radical (unpaired) electrons. The third kappa shape index (κ3) is 1.96. The van der Waals surface area contributed by atoms with Gasteiger partial charge in [-0.05, 0) is 13.8 Å². The lowest BCUT2D eigenvalue weighted by Crippen LogP contribution is -2.64. The molecule has 0 spiro atoms. The minimum Gasteiger partial charge on any atom is -0.323 e. The number of nitrogens with zero attached hydrogens (tertiary/aromatic N) is 3. The molecule has 0 aromatic carbocycles. The zero-order valence-electron chi connectivity index (χ0n) is 8.90. The fourth-order valence-corrected chi connectivity index (χ4v) is 2.01. The first-order valence-corrected chi connectivity index (χ1v) is 5.12. The van der Waals surface area contributed by atoms with Crippen LogP contribution in [0.1, 0.15) is 19.4 Å². The summed E-state index contributed by atoms with van der Waals surface area (Å²) < 4.78 is 1.96. The Hall–Kier alpha value is -0.870. The Morgan fingerprint density at radius 1 is 1.57 bits per heavy atom. The molecule has 78 valence electrons. The predicted molar refractivity (Wildman–Crippen MR) is 55.8 cm³/mol. The Morgan fingerprint density at radius 2 is 2.29 bits per heavy atom. The summed E-state index contributed by atoms with van der Waals surface area (Å²) in [6, 6.07) is 0. The van der Waals surface area contributed by atoms with Crippen LogP contribution in [0, 0.1) is 0 Å². The van der Waals surface area contributed by atoms with Gasteiger partial charge in [-0.2, -0.15) is 5.10 Å². The second-order valence-electron chi connectivity index (χ2n) is 4.50. The van der Waals surface area contributed by atoms with Crippen molar-refractivity contribution in [1.29, 1.82) is 0 Å². The summed E-state index contributed by atoms with van der Waals surface area (Å²) in [5.74, 6) is 0. The molecule has 0 saturated carbocycles. The smallest absolute Gasteiger partial charge is 0.0534 e. The summed E-state index contributed by atoms with van der Waals surface area (Å²) in [7, 11) is 0. The normalized spacial score (nSPS) is 20.8. The summed E-state index contributed by atoms with van der Waals surface area (Å²) in [6.45, 7) is 8.09. The monoisotopic (exact) mass is 194 g/mol. The number of hydrogen-bond donors (Lipinski definition) is 1. The van der Waals surface area contributed by atoms with Crippen LogP contribution in [0.15, 0.2) is 12.4 Å². The highest BCUT2D eigenvalue weighted by Gasteiger charge is 2.34. The van der Waals surface area contributed by atoms with E-state index in [0.717, 1.165) is 26.2 Å². The van der Waals surface area contributed by atoms with Crippen molar-refractivity contribution in [2.24, 2.45) is 5.73 Å². The fourth-order valence-electron chi connectivity index (χ4n) is 2.01. The van der Waals surface area contributed by atoms with Gasteiger partial charge in [-0.25, -0.2) is 0 Å². The van der Waals surface area contributed by atoms with Gasteiger partial charge in [0.2, 0.25) is 0 Å². The lowest BCUT2D eigenvalue weighted by molar-refractivity contribution is 0.0764. The van der Waals surface area contributed by atoms with Crippen molar-refractivity contribution < 1.29 is 0 Å². The van der Waals surface area contributed by atoms with Crippen LogP contribution in [-0.4, -0.2) is 33.3 Å². The number of hydrogen-bond acceptors (Lipinski definition) is 3. The first-order chi connectivity index (χ1) is 6.59. The van der Waals surface area contributed by atoms with Crippen LogP contribution < -0.4 is 5.73 Å². The van der Waals surface area contributed by atoms with E-state index in [4.69, 9.17) is 5.73 Å². The van der Waals surface area contributed by atoms with Gasteiger partial charge in [0.25, 0.3) is 0 Å². The lowest BCUT2D eigenvalue weighted by atomic mass is 9.93. The molecule has 0 aliphatic carbocycles. The Balaban J connectivity index is 1.87. The lowest BCUT2D eigenvalue weighted by Gasteiger charge is -2.45. The number of aryl methyl sites for hydroxylation is 1. The summed E-state index contributed by atoms with van der Waals surface area (Å²) >= 11 is 0. The van der Waals surface area contributed by atoms with Gasteiger partial charge >= 0.3 is 0 Å². The first-order valence-electron chi connectivity index (χ1n) is 5.12. The van der Waals surface area contributed by atoms with Gasteiger partial charge in [0.1, 0.15) is 0 Å². The van der Waals surface area contributed by atoms with Gasteiger partial charge in [-0.3, -0.25) is 9.58 Å². The first kappa shape index (κ1) is 9.68. The van der Waals surface area contributed by atoms with Crippen molar-refractivity contribution in [3.63, 3.8) is 0 Å². The van der Waals surface area contributed by atoms with Crippen LogP contribution in [0.5, 0.6) is 0 Å². The van der Waals surface area contributed by atoms with Crippen LogP contribution in [-0.2, 0) is 13.1 Å². The Labute approximate surface area is 84.7 Å². The van der Waals surface area contributed by atoms with E-state index in [9.17, 15) is 0 Å². The highest BCUT2D eigenvalue weighted by molar-refractivity contribution is 5.07. The molecule has 2 heterocycles. The predicted octanol–water partition coefficient (Wildman–Crippen LogP) is 0.436. The van der Waals surface area contributed by atoms with Gasteiger partial charge in [-0.15, -0.1) is 0 Å². The van der Waals surface area contributed by atoms with Crippen molar-refractivity contribution in [2.75, 3.05) is 13.1 Å². The maximum absolute atomic E-state index is 5.93. The van der Waals surface area contributed by atoms with E-state index in [1.807, 2.05) is 10.9 Å². The molecule has 1 aliphatic rings. The summed E-state index contributed by atoms with van der Waals surface area (Å²) in [6.07, 6.45) is 4.04. The van der Waals surface area contributed by atoms with Gasteiger partial charge < -0.3 is 5.73 Å². The number of likely N-dealkylation sites (tertiary alicyclic amines) is 1. The zero-order chi connectivity index (χ0) is 10.2. The summed E-state index contributed by atoms with van der Waals surface area (Å²) in [5.41, 5.74) is 7.24. The second-order valence-corrected chi connectivity index (χ2v) is 4.50. The Kier molecular flexibility index (Phi) is 2.33. The van der Waals surface area contributed by atoms with E-state index >= 15 is 0 Å². The zero-order valence-corrected chi connectivity index (χ0v) is 8.90. The number of rotatable bonds is 3. The molecular weight excluding hydrogens is 176 g/mol. The maximum atomic E-state index is 5.93. The molecule has 0 bridgehead atoms. The van der Waals surface area contributed by atoms with E-state index < -0.39 is 0 Å². The third-order valence-corrected chi connectivity index (χ3v) is 2.59. The van der Waals surface area contributed by atoms with Crippen molar-refractivity contribution in [1.82, 2.24) is 14.7 Å². The minimum absolute atomic E-state index is 0.0285. The van der Waals surface area contributed by atoms with Crippen LogP contribution in [0.25, 0.3) is 0 Å². The molecule has 1 saturated heterocycles. The number of nitrogens with two attached hydrogens (primary N) is 1. The molecule has 14 heavy (non-hydrogen) atoms. The SMILES string of the molecule is CCn1cc(CN2CC(C)(N)C2)cn1. The van der Waals surface area contributed by atoms with Crippen molar-refractivity contribution in [2.45, 2.75) is 32.5 Å². The molecule has 0 atom stereocenters. The second kappa shape index (κ2) is 3.37. The van der Waals surface area contributed by atoms with Gasteiger partial charge in [-0.1, -0.05) is 0 Å². The molecular formula is C10H18N4. The van der Waals surface area contributed by atoms with Crippen LogP contribution in [0.3, 0.4) is 0 Å². The fraction of sp³-hybridized carbons (Fsp3) is 0.700. The highest BCUT2D eigenvalue weighted by atomic mass is 15.3. The van der Waals surface area contributed by atoms with Crippen LogP contribution >= 0.6 is 0 Å². The van der Waals surface area contributed by atoms with E-state index in [1.165, 1.54) is 5.56 Å². The van der Waals surface area contributed by atoms with Crippen LogP contribution in [0.4, 0.5) is 0 Å². The van der Waals surface area contributed by atoms with E-state index in [2.05, 4.69) is 30.0 Å². The van der Waals surface area contributed by atoms with E-state index in [0.29, 0.717) is 0 Å². The highest BCUT2D eigenvalue weighted by Crippen LogP contribution is 2.19. The molecule has 1 fully saturated rings. The average molecular weight is 194 g/mol. The van der Waals surface area contributed by atoms with Gasteiger partial charge in [0, 0.05) is 43.5 Å². The van der Waals surface area contributed by atoms with Crippen molar-refractivity contribution in [3.8, 4) is 0 Å². The van der Waals surface area contributed by atoms with Gasteiger partial charge in [0.05, 0.1) is 6.20 Å². The summed E-state index contributed by atoms with van der Waals surface area (Å²) in [5, 5.41) is 4.24. The van der Waals surface area contributed by atoms with Crippen LogP contribution in [0.2, 0.25) is 0 Å². The molecule has 4 heteroatoms. The quantitative estimate of drug-likeness (QED) is 0.759. The molecule has 0 amide bonds. The van der Waals surface area contributed by atoms with E-state index in [1.54, 1.807) is 0 Å². The standard InChI is InChI=1S/C10H18N4/c1-3-14-6-9(4-12-14)5-13-7-10(2,11)8-13/h4,6H,3,5,7-8,11H2,1-2H3. The summed E-state index contributed by atoms with van der Waals surface area (Å²) in [4.78, 5) is 2.34. The van der Waals surface area contributed by atoms with Gasteiger partial charge in [0.15, 0.2) is 0 Å².